The van der Waals surface area contributed by atoms with Crippen molar-refractivity contribution >= 4 is 33.4 Å². The Labute approximate surface area is 172 Å². The van der Waals surface area contributed by atoms with Gasteiger partial charge in [0, 0.05) is 17.1 Å². The maximum Gasteiger partial charge on any atom is 0.274 e. The van der Waals surface area contributed by atoms with Crippen molar-refractivity contribution in [3.05, 3.63) is 91.5 Å². The Kier molecular flexibility index (Phi) is 3.96. The molecule has 5 heteroatoms. The molecule has 0 aliphatic rings. The highest BCUT2D eigenvalue weighted by molar-refractivity contribution is 7.15. The van der Waals surface area contributed by atoms with Crippen molar-refractivity contribution in [2.75, 3.05) is 0 Å². The van der Waals surface area contributed by atoms with E-state index in [1.165, 1.54) is 22.5 Å². The van der Waals surface area contributed by atoms with Crippen LogP contribution in [0.5, 0.6) is 0 Å². The van der Waals surface area contributed by atoms with Crippen LogP contribution in [0.15, 0.2) is 53.3 Å². The number of hydrogen-bond donors (Lipinski definition) is 0. The molecule has 5 aromatic rings. The minimum atomic E-state index is -0.00492. The fourth-order valence-electron chi connectivity index (χ4n) is 3.95. The molecule has 144 valence electrons. The zero-order valence-corrected chi connectivity index (χ0v) is 17.7. The van der Waals surface area contributed by atoms with Crippen LogP contribution in [0.3, 0.4) is 0 Å². The van der Waals surface area contributed by atoms with E-state index in [-0.39, 0.29) is 5.56 Å². The number of imidazole rings is 1. The Balaban J connectivity index is 1.69. The van der Waals surface area contributed by atoms with Crippen LogP contribution in [0.1, 0.15) is 28.1 Å². The Hall–Kier alpha value is -3.18. The van der Waals surface area contributed by atoms with Gasteiger partial charge in [-0.25, -0.2) is 9.38 Å². The fraction of sp³-hybridized carbons (Fsp3) is 0.167. The van der Waals surface area contributed by atoms with Crippen molar-refractivity contribution in [2.45, 2.75) is 27.7 Å². The molecule has 0 bridgehead atoms. The minimum absolute atomic E-state index is 0.00492. The molecule has 0 radical (unpaired) electrons. The molecule has 29 heavy (non-hydrogen) atoms. The molecule has 2 aromatic carbocycles. The maximum atomic E-state index is 13.1. The van der Waals surface area contributed by atoms with Crippen molar-refractivity contribution in [3.63, 3.8) is 0 Å². The molecule has 0 unspecified atom stereocenters. The average molecular weight is 400 g/mol. The molecule has 0 saturated carbocycles. The smallest absolute Gasteiger partial charge is 0.274 e. The third kappa shape index (κ3) is 2.73. The molecule has 3 aromatic heterocycles. The Morgan fingerprint density at radius 2 is 1.76 bits per heavy atom. The van der Waals surface area contributed by atoms with E-state index in [4.69, 9.17) is 0 Å². The van der Waals surface area contributed by atoms with Gasteiger partial charge in [-0.2, -0.15) is 0 Å². The van der Waals surface area contributed by atoms with E-state index in [1.54, 1.807) is 4.40 Å². The summed E-state index contributed by atoms with van der Waals surface area (Å²) in [6, 6.07) is 16.4. The van der Waals surface area contributed by atoms with Crippen LogP contribution in [-0.2, 0) is 0 Å². The monoisotopic (exact) mass is 399 g/mol. The van der Waals surface area contributed by atoms with Gasteiger partial charge in [0.25, 0.3) is 5.56 Å². The second-order valence-corrected chi connectivity index (χ2v) is 8.57. The molecule has 0 spiro atoms. The summed E-state index contributed by atoms with van der Waals surface area (Å²) in [5, 5.41) is 0. The van der Waals surface area contributed by atoms with Crippen molar-refractivity contribution in [1.29, 1.82) is 0 Å². The number of para-hydroxylation sites is 2. The first kappa shape index (κ1) is 17.9. The van der Waals surface area contributed by atoms with E-state index in [0.29, 0.717) is 4.53 Å². The van der Waals surface area contributed by atoms with Crippen molar-refractivity contribution in [3.8, 4) is 5.69 Å². The normalized spacial score (nSPS) is 12.5. The third-order valence-electron chi connectivity index (χ3n) is 5.65. The molecule has 0 atom stereocenters. The Morgan fingerprint density at radius 1 is 0.966 bits per heavy atom. The SMILES string of the molecule is Cc1ccc(-n2c(C)cc(C=c3sc4nc5ccccc5n4c3=O)c2C)cc1C. The largest absolute Gasteiger partial charge is 0.318 e. The summed E-state index contributed by atoms with van der Waals surface area (Å²) in [5.74, 6) is 0. The van der Waals surface area contributed by atoms with Crippen LogP contribution < -0.4 is 10.1 Å². The van der Waals surface area contributed by atoms with E-state index in [9.17, 15) is 4.79 Å². The highest BCUT2D eigenvalue weighted by atomic mass is 32.1. The van der Waals surface area contributed by atoms with Gasteiger partial charge in [-0.3, -0.25) is 4.79 Å². The van der Waals surface area contributed by atoms with Crippen LogP contribution in [-0.4, -0.2) is 14.0 Å². The lowest BCUT2D eigenvalue weighted by Crippen LogP contribution is -2.22. The van der Waals surface area contributed by atoms with Gasteiger partial charge < -0.3 is 4.57 Å². The summed E-state index contributed by atoms with van der Waals surface area (Å²) in [6.07, 6.45) is 2.00. The van der Waals surface area contributed by atoms with Crippen LogP contribution in [0.25, 0.3) is 27.8 Å². The topological polar surface area (TPSA) is 39.3 Å². The molecule has 4 nitrogen and oxygen atoms in total. The number of nitrogens with zero attached hydrogens (tertiary/aromatic N) is 3. The van der Waals surface area contributed by atoms with Crippen LogP contribution in [0.2, 0.25) is 0 Å². The number of thiazole rings is 1. The number of benzene rings is 2. The van der Waals surface area contributed by atoms with Crippen LogP contribution >= 0.6 is 11.3 Å². The van der Waals surface area contributed by atoms with E-state index < -0.39 is 0 Å². The summed E-state index contributed by atoms with van der Waals surface area (Å²) in [4.78, 5) is 18.4. The van der Waals surface area contributed by atoms with E-state index in [1.807, 2.05) is 30.3 Å². The van der Waals surface area contributed by atoms with Gasteiger partial charge in [0.15, 0.2) is 4.96 Å². The molecule has 0 fully saturated rings. The average Bonchev–Trinajstić information content (AvgIpc) is 3.29. The Morgan fingerprint density at radius 3 is 2.55 bits per heavy atom. The predicted octanol–water partition coefficient (Wildman–Crippen LogP) is 4.48. The molecule has 0 saturated heterocycles. The van der Waals surface area contributed by atoms with Gasteiger partial charge in [-0.1, -0.05) is 29.5 Å². The van der Waals surface area contributed by atoms with Gasteiger partial charge in [-0.15, -0.1) is 0 Å². The number of aromatic nitrogens is 3. The summed E-state index contributed by atoms with van der Waals surface area (Å²) in [5.41, 5.74) is 8.76. The van der Waals surface area contributed by atoms with Gasteiger partial charge >= 0.3 is 0 Å². The van der Waals surface area contributed by atoms with E-state index >= 15 is 0 Å². The Bertz CT molecular complexity index is 1520. The van der Waals surface area contributed by atoms with Crippen LogP contribution in [0, 0.1) is 27.7 Å². The number of fused-ring (bicyclic) bond motifs is 3. The second-order valence-electron chi connectivity index (χ2n) is 7.56. The first-order valence-corrected chi connectivity index (χ1v) is 10.4. The van der Waals surface area contributed by atoms with Crippen molar-refractivity contribution < 1.29 is 0 Å². The summed E-state index contributed by atoms with van der Waals surface area (Å²) >= 11 is 1.44. The number of hydrogen-bond acceptors (Lipinski definition) is 3. The molecule has 0 aliphatic carbocycles. The molecular weight excluding hydrogens is 378 g/mol. The quantitative estimate of drug-likeness (QED) is 0.439. The van der Waals surface area contributed by atoms with Crippen LogP contribution in [0.4, 0.5) is 0 Å². The fourth-order valence-corrected chi connectivity index (χ4v) is 4.93. The lowest BCUT2D eigenvalue weighted by atomic mass is 10.1. The summed E-state index contributed by atoms with van der Waals surface area (Å²) in [6.45, 7) is 8.47. The highest BCUT2D eigenvalue weighted by Crippen LogP contribution is 2.23. The zero-order valence-electron chi connectivity index (χ0n) is 16.9. The van der Waals surface area contributed by atoms with E-state index in [2.05, 4.69) is 61.5 Å². The molecule has 0 N–H and O–H groups in total. The minimum Gasteiger partial charge on any atom is -0.318 e. The summed E-state index contributed by atoms with van der Waals surface area (Å²) in [7, 11) is 0. The standard InChI is InChI=1S/C24H21N3OS/c1-14-9-10-19(11-15(14)2)26-16(3)12-18(17(26)4)13-22-23(28)27-21-8-6-5-7-20(21)25-24(27)29-22/h5-13H,1-4H3. The molecular formula is C24H21N3OS. The molecule has 3 heterocycles. The summed E-state index contributed by atoms with van der Waals surface area (Å²) < 4.78 is 4.67. The van der Waals surface area contributed by atoms with Crippen molar-refractivity contribution in [1.82, 2.24) is 14.0 Å². The number of aryl methyl sites for hydroxylation is 3. The first-order valence-electron chi connectivity index (χ1n) is 9.62. The zero-order chi connectivity index (χ0) is 20.3. The highest BCUT2D eigenvalue weighted by Gasteiger charge is 2.13. The van der Waals surface area contributed by atoms with E-state index in [0.717, 1.165) is 38.6 Å². The van der Waals surface area contributed by atoms with Gasteiger partial charge in [-0.05, 0) is 80.8 Å². The first-order chi connectivity index (χ1) is 13.9. The lowest BCUT2D eigenvalue weighted by molar-refractivity contribution is 0.961. The predicted molar refractivity (Wildman–Crippen MR) is 120 cm³/mol. The second kappa shape index (κ2) is 6.42. The van der Waals surface area contributed by atoms with Gasteiger partial charge in [0.2, 0.25) is 0 Å². The molecule has 0 amide bonds. The van der Waals surface area contributed by atoms with Gasteiger partial charge in [0.05, 0.1) is 15.6 Å². The van der Waals surface area contributed by atoms with Crippen molar-refractivity contribution in [2.24, 2.45) is 0 Å². The molecule has 0 aliphatic heterocycles. The third-order valence-corrected chi connectivity index (χ3v) is 6.62. The van der Waals surface area contributed by atoms with Gasteiger partial charge in [0.1, 0.15) is 0 Å². The lowest BCUT2D eigenvalue weighted by Gasteiger charge is -2.11. The molecule has 5 rings (SSSR count). The number of rotatable bonds is 2. The maximum absolute atomic E-state index is 13.1.